The molecular weight excluding hydrogens is 103 g/mol. The van der Waals surface area contributed by atoms with Gasteiger partial charge >= 0.3 is 0 Å². The first-order valence-corrected chi connectivity index (χ1v) is 4.76. The molecule has 0 N–H and O–H groups in total. The van der Waals surface area contributed by atoms with Crippen LogP contribution in [0.25, 0.3) is 0 Å². The van der Waals surface area contributed by atoms with Crippen LogP contribution in [0.2, 0.25) is 0 Å². The maximum Gasteiger partial charge on any atom is 0.112 e. The molecule has 0 saturated heterocycles. The fraction of sp³-hybridized carbons (Fsp3) is 0.833. The molecule has 1 heteroatoms. The molecular formula is C6H14P+. The quantitative estimate of drug-likeness (QED) is 0.487. The molecule has 0 aliphatic carbocycles. The molecule has 0 radical (unpaired) electrons. The van der Waals surface area contributed by atoms with Gasteiger partial charge in [0.15, 0.2) is 0 Å². The monoisotopic (exact) mass is 117 g/mol. The summed E-state index contributed by atoms with van der Waals surface area (Å²) in [6, 6.07) is 0. The van der Waals surface area contributed by atoms with E-state index in [-0.39, 0.29) is 7.55 Å². The lowest BCUT2D eigenvalue weighted by Crippen LogP contribution is -1.89. The molecule has 0 aromatic heterocycles. The molecule has 2 atom stereocenters. The Labute approximate surface area is 47.3 Å². The van der Waals surface area contributed by atoms with E-state index in [9.17, 15) is 0 Å². The van der Waals surface area contributed by atoms with Crippen LogP contribution in [0.15, 0.2) is 0 Å². The van der Waals surface area contributed by atoms with Crippen molar-refractivity contribution in [2.24, 2.45) is 0 Å². The molecule has 0 aromatic rings. The van der Waals surface area contributed by atoms with Crippen LogP contribution < -0.4 is 0 Å². The molecule has 0 aliphatic rings. The molecule has 0 nitrogen and oxygen atoms in total. The fourth-order valence-electron chi connectivity index (χ4n) is 0.312. The van der Waals surface area contributed by atoms with Gasteiger partial charge in [-0.2, -0.15) is 0 Å². The molecule has 2 unspecified atom stereocenters. The highest BCUT2D eigenvalue weighted by Gasteiger charge is 2.06. The molecule has 0 spiro atoms. The molecule has 0 amide bonds. The summed E-state index contributed by atoms with van der Waals surface area (Å²) in [5.41, 5.74) is 0.856. The Kier molecular flexibility index (Phi) is 3.29. The Morgan fingerprint density at radius 2 is 2.14 bits per heavy atom. The van der Waals surface area contributed by atoms with Gasteiger partial charge in [-0.1, -0.05) is 6.92 Å². The number of rotatable bonds is 2. The molecule has 0 rings (SSSR count). The van der Waals surface area contributed by atoms with Crippen molar-refractivity contribution < 1.29 is 0 Å². The third kappa shape index (κ3) is 2.82. The van der Waals surface area contributed by atoms with Crippen molar-refractivity contribution in [3.63, 3.8) is 0 Å². The Hall–Kier alpha value is 0.170. The normalized spacial score (nSPS) is 16.1. The van der Waals surface area contributed by atoms with Gasteiger partial charge in [0.1, 0.15) is 5.66 Å². The average molecular weight is 117 g/mol. The van der Waals surface area contributed by atoms with Crippen LogP contribution in [0.1, 0.15) is 20.3 Å². The van der Waals surface area contributed by atoms with E-state index in [4.69, 9.17) is 0 Å². The van der Waals surface area contributed by atoms with Gasteiger partial charge in [0.05, 0.1) is 20.5 Å². The highest BCUT2D eigenvalue weighted by molar-refractivity contribution is 7.55. The number of hydrogen-bond donors (Lipinski definition) is 0. The van der Waals surface area contributed by atoms with Gasteiger partial charge < -0.3 is 0 Å². The van der Waals surface area contributed by atoms with Gasteiger partial charge in [-0.05, 0) is 13.3 Å². The maximum absolute atomic E-state index is 3.97. The minimum absolute atomic E-state index is 0.0882. The fourth-order valence-corrected chi connectivity index (χ4v) is 0.935. The topological polar surface area (TPSA) is 0 Å². The van der Waals surface area contributed by atoms with Crippen molar-refractivity contribution in [3.05, 3.63) is 0 Å². The summed E-state index contributed by atoms with van der Waals surface area (Å²) in [6.07, 6.45) is 5.26. The lowest BCUT2D eigenvalue weighted by Gasteiger charge is -1.93. The van der Waals surface area contributed by atoms with Crippen LogP contribution in [0.5, 0.6) is 0 Å². The molecule has 7 heavy (non-hydrogen) atoms. The van der Waals surface area contributed by atoms with Crippen LogP contribution >= 0.6 is 7.55 Å². The van der Waals surface area contributed by atoms with E-state index in [1.807, 2.05) is 0 Å². The van der Waals surface area contributed by atoms with E-state index in [0.29, 0.717) is 0 Å². The lowest BCUT2D eigenvalue weighted by atomic mass is 10.4. The van der Waals surface area contributed by atoms with Crippen molar-refractivity contribution in [3.8, 4) is 0 Å². The third-order valence-corrected chi connectivity index (χ3v) is 3.21. The van der Waals surface area contributed by atoms with E-state index in [1.165, 1.54) is 6.42 Å². The summed E-state index contributed by atoms with van der Waals surface area (Å²) in [4.78, 5) is 0. The summed E-state index contributed by atoms with van der Waals surface area (Å²) < 4.78 is 0. The standard InChI is InChI=1S/C6H14P/c1-5-6(2)7(3)4/h6H,3,5H2,1-2,4H3/q+1. The summed E-state index contributed by atoms with van der Waals surface area (Å²) >= 11 is 0. The Morgan fingerprint density at radius 1 is 1.71 bits per heavy atom. The molecule has 0 heterocycles. The SMILES string of the molecule is C=[P+](C)C(C)CC. The highest BCUT2D eigenvalue weighted by atomic mass is 31.1. The Balaban J connectivity index is 3.34. The van der Waals surface area contributed by atoms with E-state index in [2.05, 4.69) is 26.8 Å². The molecule has 42 valence electrons. The molecule has 0 aromatic carbocycles. The predicted molar refractivity (Wildman–Crippen MR) is 39.7 cm³/mol. The second kappa shape index (κ2) is 3.21. The van der Waals surface area contributed by atoms with Crippen LogP contribution in [-0.2, 0) is 0 Å². The van der Waals surface area contributed by atoms with Crippen molar-refractivity contribution >= 4 is 13.8 Å². The van der Waals surface area contributed by atoms with Gasteiger partial charge in [0.25, 0.3) is 0 Å². The zero-order valence-corrected chi connectivity index (χ0v) is 6.33. The van der Waals surface area contributed by atoms with E-state index in [1.54, 1.807) is 0 Å². The molecule has 0 aliphatic heterocycles. The van der Waals surface area contributed by atoms with Crippen molar-refractivity contribution in [2.75, 3.05) is 6.66 Å². The summed E-state index contributed by atoms with van der Waals surface area (Å²) in [7, 11) is 0.0882. The third-order valence-electron chi connectivity index (χ3n) is 1.34. The van der Waals surface area contributed by atoms with Crippen LogP contribution in [0, 0.1) is 0 Å². The predicted octanol–water partition coefficient (Wildman–Crippen LogP) is 2.33. The largest absolute Gasteiger partial charge is 0.112 e. The van der Waals surface area contributed by atoms with Gasteiger partial charge in [0, 0.05) is 0 Å². The summed E-state index contributed by atoms with van der Waals surface area (Å²) in [5.74, 6) is 0. The Bertz CT molecular complexity index is 66.6. The zero-order chi connectivity index (χ0) is 5.86. The second-order valence-corrected chi connectivity index (χ2v) is 4.41. The van der Waals surface area contributed by atoms with Gasteiger partial charge in [-0.3, -0.25) is 0 Å². The van der Waals surface area contributed by atoms with Crippen molar-refractivity contribution in [2.45, 2.75) is 25.9 Å². The van der Waals surface area contributed by atoms with Crippen LogP contribution in [-0.4, -0.2) is 18.6 Å². The van der Waals surface area contributed by atoms with Gasteiger partial charge in [0.2, 0.25) is 0 Å². The maximum atomic E-state index is 3.97. The molecule has 0 bridgehead atoms. The summed E-state index contributed by atoms with van der Waals surface area (Å²) in [6.45, 7) is 6.71. The second-order valence-electron chi connectivity index (χ2n) is 2.01. The summed E-state index contributed by atoms with van der Waals surface area (Å²) in [5, 5.41) is 0. The van der Waals surface area contributed by atoms with E-state index < -0.39 is 0 Å². The van der Waals surface area contributed by atoms with Gasteiger partial charge in [-0.25, -0.2) is 0 Å². The van der Waals surface area contributed by atoms with Crippen molar-refractivity contribution in [1.29, 1.82) is 0 Å². The first-order chi connectivity index (χ1) is 3.18. The van der Waals surface area contributed by atoms with Gasteiger partial charge in [-0.15, -0.1) is 0 Å². The van der Waals surface area contributed by atoms with E-state index in [0.717, 1.165) is 5.66 Å². The highest BCUT2D eigenvalue weighted by Crippen LogP contribution is 2.23. The van der Waals surface area contributed by atoms with Crippen molar-refractivity contribution in [1.82, 2.24) is 0 Å². The lowest BCUT2D eigenvalue weighted by molar-refractivity contribution is 0.900. The molecule has 0 saturated carbocycles. The average Bonchev–Trinajstić information content (AvgIpc) is 1.65. The first kappa shape index (κ1) is 7.17. The Morgan fingerprint density at radius 3 is 2.14 bits per heavy atom. The first-order valence-electron chi connectivity index (χ1n) is 2.71. The van der Waals surface area contributed by atoms with Crippen LogP contribution in [0.3, 0.4) is 0 Å². The van der Waals surface area contributed by atoms with Crippen LogP contribution in [0.4, 0.5) is 0 Å². The molecule has 0 fully saturated rings. The number of hydrogen-bond acceptors (Lipinski definition) is 0. The zero-order valence-electron chi connectivity index (χ0n) is 5.44. The minimum Gasteiger partial charge on any atom is -0.0612 e. The van der Waals surface area contributed by atoms with E-state index >= 15 is 0 Å². The smallest absolute Gasteiger partial charge is 0.0612 e. The minimum atomic E-state index is 0.0882.